The minimum Gasteiger partial charge on any atom is -0.467 e. The topological polar surface area (TPSA) is 137 Å². The number of rotatable bonds is 4. The van der Waals surface area contributed by atoms with Crippen LogP contribution in [-0.2, 0) is 10.0 Å². The number of methoxy groups -OCH3 is 1. The monoisotopic (exact) mass is 357 g/mol. The maximum Gasteiger partial charge on any atom is 0.321 e. The third-order valence-corrected chi connectivity index (χ3v) is 4.03. The molecule has 2 aromatic rings. The Hall–Kier alpha value is -2.30. The van der Waals surface area contributed by atoms with Crippen molar-refractivity contribution in [2.75, 3.05) is 12.4 Å². The van der Waals surface area contributed by atoms with Gasteiger partial charge in [-0.2, -0.15) is 15.0 Å². The van der Waals surface area contributed by atoms with Crippen molar-refractivity contribution in [3.8, 4) is 6.01 Å². The Kier molecular flexibility index (Phi) is 4.78. The summed E-state index contributed by atoms with van der Waals surface area (Å²) in [5, 5.41) is 7.28. The molecule has 1 heterocycles. The summed E-state index contributed by atoms with van der Waals surface area (Å²) in [5.74, 6) is -0.235. The van der Waals surface area contributed by atoms with E-state index in [9.17, 15) is 13.2 Å². The lowest BCUT2D eigenvalue weighted by Crippen LogP contribution is -2.17. The highest BCUT2D eigenvalue weighted by molar-refractivity contribution is 7.89. The number of benzene rings is 1. The summed E-state index contributed by atoms with van der Waals surface area (Å²) in [6, 6.07) is 3.65. The Balaban J connectivity index is 2.28. The highest BCUT2D eigenvalue weighted by atomic mass is 35.5. The van der Waals surface area contributed by atoms with Gasteiger partial charge in [0.1, 0.15) is 10.7 Å². The van der Waals surface area contributed by atoms with Gasteiger partial charge in [0, 0.05) is 5.56 Å². The van der Waals surface area contributed by atoms with Crippen molar-refractivity contribution in [2.45, 2.75) is 11.8 Å². The molecule has 11 heteroatoms. The van der Waals surface area contributed by atoms with E-state index >= 15 is 0 Å². The highest BCUT2D eigenvalue weighted by Crippen LogP contribution is 2.22. The van der Waals surface area contributed by atoms with Crippen LogP contribution < -0.4 is 15.2 Å². The van der Waals surface area contributed by atoms with Gasteiger partial charge >= 0.3 is 6.01 Å². The first-order valence-corrected chi connectivity index (χ1v) is 8.03. The number of amides is 1. The lowest BCUT2D eigenvalue weighted by Gasteiger charge is -2.07. The van der Waals surface area contributed by atoms with Gasteiger partial charge in [-0.15, -0.1) is 0 Å². The number of halogens is 1. The number of ether oxygens (including phenoxy) is 1. The van der Waals surface area contributed by atoms with E-state index < -0.39 is 15.9 Å². The molecule has 0 spiro atoms. The van der Waals surface area contributed by atoms with Gasteiger partial charge < -0.3 is 4.74 Å². The van der Waals surface area contributed by atoms with Crippen LogP contribution in [0.15, 0.2) is 23.1 Å². The van der Waals surface area contributed by atoms with E-state index in [0.29, 0.717) is 5.82 Å². The fourth-order valence-electron chi connectivity index (χ4n) is 1.65. The zero-order valence-electron chi connectivity index (χ0n) is 12.1. The van der Waals surface area contributed by atoms with Gasteiger partial charge in [-0.1, -0.05) is 11.6 Å². The molecule has 0 aliphatic heterocycles. The average molecular weight is 358 g/mol. The van der Waals surface area contributed by atoms with E-state index in [2.05, 4.69) is 20.3 Å². The van der Waals surface area contributed by atoms with Crippen molar-refractivity contribution < 1.29 is 17.9 Å². The van der Waals surface area contributed by atoms with E-state index in [0.717, 1.165) is 6.07 Å². The molecule has 0 saturated carbocycles. The minimum atomic E-state index is -3.96. The number of nitrogens with zero attached hydrogens (tertiary/aromatic N) is 3. The molecule has 0 bridgehead atoms. The number of hydrogen-bond acceptors (Lipinski definition) is 7. The van der Waals surface area contributed by atoms with E-state index in [1.54, 1.807) is 6.92 Å². The second-order valence-electron chi connectivity index (χ2n) is 4.34. The Labute approximate surface area is 136 Å². The first kappa shape index (κ1) is 17.1. The van der Waals surface area contributed by atoms with Gasteiger partial charge in [-0.25, -0.2) is 13.6 Å². The minimum absolute atomic E-state index is 0.00834. The van der Waals surface area contributed by atoms with Gasteiger partial charge in [0.25, 0.3) is 5.91 Å². The number of aryl methyl sites for hydroxylation is 1. The number of carbonyl (C=O) groups excluding carboxylic acids is 1. The first-order chi connectivity index (χ1) is 10.7. The molecule has 0 aliphatic carbocycles. The largest absolute Gasteiger partial charge is 0.467 e. The number of hydrogen-bond donors (Lipinski definition) is 2. The van der Waals surface area contributed by atoms with Crippen LogP contribution in [0, 0.1) is 6.92 Å². The Morgan fingerprint density at radius 1 is 1.30 bits per heavy atom. The SMILES string of the molecule is COc1nc(C)nc(NC(=O)c2ccc(S(N)(=O)=O)c(Cl)c2)n1. The van der Waals surface area contributed by atoms with Gasteiger partial charge in [0.05, 0.1) is 12.1 Å². The van der Waals surface area contributed by atoms with Crippen LogP contribution in [0.4, 0.5) is 5.95 Å². The lowest BCUT2D eigenvalue weighted by atomic mass is 10.2. The van der Waals surface area contributed by atoms with Gasteiger partial charge in [-0.3, -0.25) is 10.1 Å². The number of nitrogens with two attached hydrogens (primary N) is 1. The molecule has 0 aliphatic rings. The molecule has 3 N–H and O–H groups in total. The second kappa shape index (κ2) is 6.44. The number of anilines is 1. The van der Waals surface area contributed by atoms with Crippen molar-refractivity contribution in [2.24, 2.45) is 5.14 Å². The number of sulfonamides is 1. The van der Waals surface area contributed by atoms with Crippen molar-refractivity contribution in [1.82, 2.24) is 15.0 Å². The first-order valence-electron chi connectivity index (χ1n) is 6.11. The summed E-state index contributed by atoms with van der Waals surface area (Å²) in [6.45, 7) is 1.61. The predicted octanol–water partition coefficient (Wildman–Crippen LogP) is 0.742. The zero-order valence-corrected chi connectivity index (χ0v) is 13.6. The quantitative estimate of drug-likeness (QED) is 0.823. The average Bonchev–Trinajstić information content (AvgIpc) is 2.45. The molecular formula is C12H12ClN5O4S. The Morgan fingerprint density at radius 3 is 2.57 bits per heavy atom. The maximum atomic E-state index is 12.1. The third kappa shape index (κ3) is 4.12. The van der Waals surface area contributed by atoms with Crippen LogP contribution in [0.5, 0.6) is 6.01 Å². The number of primary sulfonamides is 1. The summed E-state index contributed by atoms with van der Waals surface area (Å²) in [7, 11) is -2.58. The molecular weight excluding hydrogens is 346 g/mol. The maximum absolute atomic E-state index is 12.1. The summed E-state index contributed by atoms with van der Waals surface area (Å²) >= 11 is 5.83. The van der Waals surface area contributed by atoms with Gasteiger partial charge in [0.15, 0.2) is 0 Å². The van der Waals surface area contributed by atoms with Crippen LogP contribution >= 0.6 is 11.6 Å². The smallest absolute Gasteiger partial charge is 0.321 e. The standard InChI is InChI=1S/C12H12ClN5O4S/c1-6-15-11(18-12(16-6)22-2)17-10(19)7-3-4-9(8(13)5-7)23(14,20)21/h3-5H,1-2H3,(H2,14,20,21)(H,15,16,17,18,19). The molecule has 0 atom stereocenters. The molecule has 0 unspecified atom stereocenters. The molecule has 2 rings (SSSR count). The van der Waals surface area contributed by atoms with Gasteiger partial charge in [-0.05, 0) is 25.1 Å². The predicted molar refractivity (Wildman–Crippen MR) is 81.9 cm³/mol. The van der Waals surface area contributed by atoms with E-state index in [-0.39, 0.29) is 27.4 Å². The molecule has 1 aromatic carbocycles. The molecule has 0 radical (unpaired) electrons. The highest BCUT2D eigenvalue weighted by Gasteiger charge is 2.16. The lowest BCUT2D eigenvalue weighted by molar-refractivity contribution is 0.102. The van der Waals surface area contributed by atoms with Crippen LogP contribution in [0.2, 0.25) is 5.02 Å². The Bertz CT molecular complexity index is 872. The molecule has 9 nitrogen and oxygen atoms in total. The second-order valence-corrected chi connectivity index (χ2v) is 6.27. The van der Waals surface area contributed by atoms with E-state index in [4.69, 9.17) is 21.5 Å². The van der Waals surface area contributed by atoms with Crippen LogP contribution in [-0.4, -0.2) is 36.4 Å². The Morgan fingerprint density at radius 2 is 2.00 bits per heavy atom. The van der Waals surface area contributed by atoms with Crippen LogP contribution in [0.25, 0.3) is 0 Å². The number of nitrogens with one attached hydrogen (secondary N) is 1. The number of carbonyl (C=O) groups is 1. The molecule has 1 aromatic heterocycles. The molecule has 122 valence electrons. The van der Waals surface area contributed by atoms with Crippen molar-refractivity contribution in [3.05, 3.63) is 34.6 Å². The van der Waals surface area contributed by atoms with E-state index in [1.165, 1.54) is 19.2 Å². The van der Waals surface area contributed by atoms with Crippen LogP contribution in [0.1, 0.15) is 16.2 Å². The number of aromatic nitrogens is 3. The third-order valence-electron chi connectivity index (χ3n) is 2.64. The summed E-state index contributed by atoms with van der Waals surface area (Å²) < 4.78 is 27.5. The zero-order chi connectivity index (χ0) is 17.2. The van der Waals surface area contributed by atoms with Crippen molar-refractivity contribution in [3.63, 3.8) is 0 Å². The summed E-state index contributed by atoms with van der Waals surface area (Å²) in [5.41, 5.74) is 0.111. The molecule has 0 fully saturated rings. The van der Waals surface area contributed by atoms with Crippen molar-refractivity contribution in [1.29, 1.82) is 0 Å². The van der Waals surface area contributed by atoms with Gasteiger partial charge in [0.2, 0.25) is 16.0 Å². The van der Waals surface area contributed by atoms with Crippen LogP contribution in [0.3, 0.4) is 0 Å². The fourth-order valence-corrected chi connectivity index (χ4v) is 2.74. The fraction of sp³-hybridized carbons (Fsp3) is 0.167. The molecule has 0 saturated heterocycles. The van der Waals surface area contributed by atoms with E-state index in [1.807, 2.05) is 0 Å². The summed E-state index contributed by atoms with van der Waals surface area (Å²) in [4.78, 5) is 23.6. The van der Waals surface area contributed by atoms with Crippen molar-refractivity contribution >= 4 is 33.5 Å². The normalized spacial score (nSPS) is 11.1. The summed E-state index contributed by atoms with van der Waals surface area (Å²) in [6.07, 6.45) is 0. The molecule has 1 amide bonds. The molecule has 23 heavy (non-hydrogen) atoms.